The number of rotatable bonds is 6. The molecule has 4 saturated carbocycles. The number of benzene rings is 1. The van der Waals surface area contributed by atoms with Crippen LogP contribution in [0.15, 0.2) is 67.9 Å². The molecule has 1 amide bonds. The smallest absolute Gasteiger partial charge is 0.335 e. The summed E-state index contributed by atoms with van der Waals surface area (Å²) in [6.07, 6.45) is 44.0. The van der Waals surface area contributed by atoms with Gasteiger partial charge in [0.2, 0.25) is 6.41 Å². The van der Waals surface area contributed by atoms with Crippen molar-refractivity contribution in [3.8, 4) is 38.5 Å². The monoisotopic (exact) mass is 761 g/mol. The number of aromatic carboxylic acids is 1. The fourth-order valence-electron chi connectivity index (χ4n) is 12.2. The molecule has 0 bridgehead atoms. The van der Waals surface area contributed by atoms with Gasteiger partial charge in [-0.05, 0) is 144 Å². The van der Waals surface area contributed by atoms with E-state index in [1.807, 2.05) is 44.2 Å². The number of nitrogens with zero attached hydrogens (tertiary/aromatic N) is 1. The van der Waals surface area contributed by atoms with E-state index in [-0.39, 0.29) is 5.41 Å². The third-order valence-electron chi connectivity index (χ3n) is 14.3. The number of hydrogen-bond acceptors (Lipinski definition) is 3. The van der Waals surface area contributed by atoms with Crippen LogP contribution in [0.3, 0.4) is 0 Å². The van der Waals surface area contributed by atoms with Crippen molar-refractivity contribution >= 4 is 18.0 Å². The predicted molar refractivity (Wildman–Crippen MR) is 237 cm³/mol. The Morgan fingerprint density at radius 3 is 2.04 bits per heavy atom. The first kappa shape index (κ1) is 49.5. The zero-order valence-electron chi connectivity index (χ0n) is 35.7. The number of terminal acetylenes is 3. The van der Waals surface area contributed by atoms with E-state index in [1.54, 1.807) is 18.3 Å². The Hall–Kier alpha value is -4.53. The van der Waals surface area contributed by atoms with Crippen LogP contribution in [-0.4, -0.2) is 29.0 Å². The minimum atomic E-state index is -0.844. The van der Waals surface area contributed by atoms with E-state index in [0.717, 1.165) is 35.8 Å². The van der Waals surface area contributed by atoms with E-state index < -0.39 is 5.97 Å². The van der Waals surface area contributed by atoms with Crippen molar-refractivity contribution in [2.45, 2.75) is 119 Å². The first-order valence-corrected chi connectivity index (χ1v) is 20.6. The normalized spacial score (nSPS) is 30.8. The van der Waals surface area contributed by atoms with E-state index in [4.69, 9.17) is 0 Å². The summed E-state index contributed by atoms with van der Waals surface area (Å²) < 4.78 is 0. The van der Waals surface area contributed by atoms with Crippen LogP contribution in [0.2, 0.25) is 0 Å². The summed E-state index contributed by atoms with van der Waals surface area (Å²) in [5, 5.41) is 11.9. The molecule has 304 valence electrons. The summed E-state index contributed by atoms with van der Waals surface area (Å²) in [7, 11) is 0. The molecule has 7 rings (SSSR count). The van der Waals surface area contributed by atoms with Gasteiger partial charge in [-0.1, -0.05) is 79.2 Å². The molecule has 5 aliphatic rings. The summed E-state index contributed by atoms with van der Waals surface area (Å²) in [6, 6.07) is 13.4. The molecule has 56 heavy (non-hydrogen) atoms. The van der Waals surface area contributed by atoms with E-state index in [0.29, 0.717) is 40.7 Å². The number of carbonyl (C=O) groups excluding carboxylic acids is 1. The Bertz CT molecular complexity index is 1570. The fourth-order valence-corrected chi connectivity index (χ4v) is 12.2. The number of pyridine rings is 1. The Morgan fingerprint density at radius 2 is 1.46 bits per heavy atom. The first-order valence-electron chi connectivity index (χ1n) is 20.6. The van der Waals surface area contributed by atoms with E-state index in [1.165, 1.54) is 75.3 Å². The molecule has 0 aliphatic heterocycles. The van der Waals surface area contributed by atoms with Crippen molar-refractivity contribution in [2.24, 2.45) is 51.2 Å². The number of carboxylic acid groups (broad SMARTS) is 1. The molecule has 0 spiro atoms. The number of aromatic nitrogens is 1. The summed E-state index contributed by atoms with van der Waals surface area (Å²) in [5.41, 5.74) is 5.65. The average molecular weight is 761 g/mol. The number of fused-ring (bicyclic) bond motifs is 7. The molecule has 1 heterocycles. The molecule has 0 saturated heterocycles. The second-order valence-electron chi connectivity index (χ2n) is 16.8. The van der Waals surface area contributed by atoms with Crippen LogP contribution in [-0.2, 0) is 11.2 Å². The Labute approximate surface area is 342 Å². The Kier molecular flexibility index (Phi) is 20.2. The summed E-state index contributed by atoms with van der Waals surface area (Å²) in [4.78, 5) is 25.3. The molecule has 5 nitrogen and oxygen atoms in total. The van der Waals surface area contributed by atoms with Gasteiger partial charge in [-0.2, -0.15) is 0 Å². The molecule has 4 fully saturated rings. The van der Waals surface area contributed by atoms with Crippen LogP contribution in [0.4, 0.5) is 0 Å². The first-order chi connectivity index (χ1) is 26.9. The van der Waals surface area contributed by atoms with Gasteiger partial charge in [0.1, 0.15) is 0 Å². The van der Waals surface area contributed by atoms with Crippen molar-refractivity contribution < 1.29 is 14.7 Å². The van der Waals surface area contributed by atoms with Crippen LogP contribution in [0.5, 0.6) is 0 Å². The lowest BCUT2D eigenvalue weighted by atomic mass is 9.36. The molecule has 4 unspecified atom stereocenters. The van der Waals surface area contributed by atoms with Crippen molar-refractivity contribution in [1.82, 2.24) is 10.3 Å². The molecular formula is C51H72N2O3. The average Bonchev–Trinajstić information content (AvgIpc) is 3.64. The van der Waals surface area contributed by atoms with Crippen LogP contribution >= 0.6 is 0 Å². The maximum absolute atomic E-state index is 11.4. The molecule has 0 radical (unpaired) electrons. The van der Waals surface area contributed by atoms with E-state index >= 15 is 0 Å². The van der Waals surface area contributed by atoms with E-state index in [2.05, 4.69) is 103 Å². The fraction of sp³-hybridized carbons (Fsp3) is 0.549. The maximum Gasteiger partial charge on any atom is 0.335 e. The molecule has 2 aromatic rings. The van der Waals surface area contributed by atoms with Gasteiger partial charge in [-0.3, -0.25) is 9.78 Å². The van der Waals surface area contributed by atoms with Gasteiger partial charge in [0, 0.05) is 24.9 Å². The predicted octanol–water partition coefficient (Wildman–Crippen LogP) is 11.8. The zero-order chi connectivity index (χ0) is 42.7. The van der Waals surface area contributed by atoms with Gasteiger partial charge < -0.3 is 10.4 Å². The largest absolute Gasteiger partial charge is 0.478 e. The second-order valence-corrected chi connectivity index (χ2v) is 16.8. The van der Waals surface area contributed by atoms with Crippen LogP contribution in [0.1, 0.15) is 134 Å². The van der Waals surface area contributed by atoms with Crippen molar-refractivity contribution in [3.63, 3.8) is 0 Å². The van der Waals surface area contributed by atoms with Gasteiger partial charge in [0.25, 0.3) is 0 Å². The Balaban J connectivity index is 0.000000628. The summed E-state index contributed by atoms with van der Waals surface area (Å²) >= 11 is 0. The Morgan fingerprint density at radius 1 is 0.821 bits per heavy atom. The van der Waals surface area contributed by atoms with Gasteiger partial charge in [0.15, 0.2) is 0 Å². The third kappa shape index (κ3) is 10.3. The molecule has 2 N–H and O–H groups in total. The highest BCUT2D eigenvalue weighted by Gasteiger charge is 2.64. The molecule has 1 aromatic heterocycles. The van der Waals surface area contributed by atoms with Crippen molar-refractivity contribution in [3.05, 3.63) is 84.7 Å². The van der Waals surface area contributed by atoms with Crippen LogP contribution in [0, 0.1) is 89.8 Å². The highest BCUT2D eigenvalue weighted by Crippen LogP contribution is 2.73. The lowest BCUT2D eigenvalue weighted by Crippen LogP contribution is -2.60. The minimum absolute atomic E-state index is 0.104. The van der Waals surface area contributed by atoms with Gasteiger partial charge in [0.05, 0.1) is 5.56 Å². The standard InChI is InChI=1S/C33H46O2.C8H10N2O.C2H6.C2H4.3C2H2/c1-30(2)24(21-8-10-22(11-9-21)29(34)35)15-19-33(5)27(30)16-20-32(4)26-14-18-31(3)17-6-7-25(31)23(26)12-13-28(32)33;11-7-9-6-4-8-3-1-2-5-10-8;5*1-2/h8-11,15,23,25-28H,6-7,12-14,16-20H2,1-5H3,(H,34,35);1-3,5,7H,4,6H2,(H,9,11);1-2H3;1-2H2;3*1-2H/t23-,25?,26?,27?,28?,31-,32+,33+;;;;;;/m1....../s1. The summed E-state index contributed by atoms with van der Waals surface area (Å²) in [6.45, 7) is 23.6. The second kappa shape index (κ2) is 22.9. The van der Waals surface area contributed by atoms with Gasteiger partial charge in [-0.15, -0.1) is 51.7 Å². The van der Waals surface area contributed by atoms with Crippen molar-refractivity contribution in [2.75, 3.05) is 6.54 Å². The van der Waals surface area contributed by atoms with E-state index in [9.17, 15) is 14.7 Å². The number of hydrogen-bond donors (Lipinski definition) is 2. The number of carbonyl (C=O) groups is 2. The quantitative estimate of drug-likeness (QED) is 0.133. The summed E-state index contributed by atoms with van der Waals surface area (Å²) in [5.74, 6) is 3.58. The van der Waals surface area contributed by atoms with Crippen LogP contribution < -0.4 is 5.32 Å². The zero-order valence-corrected chi connectivity index (χ0v) is 35.7. The molecule has 8 atom stereocenters. The van der Waals surface area contributed by atoms with Crippen LogP contribution in [0.25, 0.3) is 5.57 Å². The topological polar surface area (TPSA) is 79.3 Å². The molecule has 5 heteroatoms. The number of allylic oxidation sites excluding steroid dienone is 2. The maximum atomic E-state index is 11.4. The minimum Gasteiger partial charge on any atom is -0.478 e. The number of nitrogens with one attached hydrogen (secondary N) is 1. The lowest BCUT2D eigenvalue weighted by Gasteiger charge is -2.68. The highest BCUT2D eigenvalue weighted by molar-refractivity contribution is 5.88. The number of amides is 1. The van der Waals surface area contributed by atoms with Gasteiger partial charge in [-0.25, -0.2) is 4.79 Å². The van der Waals surface area contributed by atoms with Crippen molar-refractivity contribution in [1.29, 1.82) is 0 Å². The SMILES string of the molecule is C#C.C#C.C#C.C=C.CC.CC1(C)C(c2ccc(C(=O)O)cc2)=CC[C@@]2(C)C1CC[C@@]1(C)C3CC[C@@]4(C)CCCC4[C@H]3CCC12.O=CNCCc1ccccn1. The number of carboxylic acids is 1. The van der Waals surface area contributed by atoms with Gasteiger partial charge >= 0.3 is 5.97 Å². The molecule has 1 aromatic carbocycles. The lowest BCUT2D eigenvalue weighted by molar-refractivity contribution is -0.176. The molecular weight excluding hydrogens is 689 g/mol. The third-order valence-corrected chi connectivity index (χ3v) is 14.3. The molecule has 5 aliphatic carbocycles. The highest BCUT2D eigenvalue weighted by atomic mass is 16.4.